The number of hydrogen-bond acceptors (Lipinski definition) is 5. The van der Waals surface area contributed by atoms with Gasteiger partial charge in [-0.05, 0) is 35.7 Å². The molecule has 0 saturated heterocycles. The molecule has 1 aromatic heterocycles. The molecule has 184 valence electrons. The highest BCUT2D eigenvalue weighted by atomic mass is 35.5. The van der Waals surface area contributed by atoms with Gasteiger partial charge in [0.25, 0.3) is 0 Å². The van der Waals surface area contributed by atoms with Gasteiger partial charge in [0.2, 0.25) is 0 Å². The van der Waals surface area contributed by atoms with Gasteiger partial charge < -0.3 is 14.4 Å². The number of amides is 1. The highest BCUT2D eigenvalue weighted by Gasteiger charge is 2.20. The molecule has 0 radical (unpaired) electrons. The standard InChI is InChI=1S/C27H22ClFN2O5/c1-16-25(30-27(34)35-13-12-19-4-2-3-5-22(19)28)26(36-31-16)20-10-11-21(23(29)15-20)18-8-6-17(7-9-18)14-24(32)33/h2-11,15H,12-14H2,1H3,(H,30,34)(H,32,33). The monoisotopic (exact) mass is 508 g/mol. The minimum absolute atomic E-state index is 0.106. The Kier molecular flexibility index (Phi) is 7.65. The van der Waals surface area contributed by atoms with Crippen LogP contribution in [0.4, 0.5) is 14.9 Å². The maximum atomic E-state index is 15.0. The number of aryl methyl sites for hydroxylation is 1. The first-order valence-corrected chi connectivity index (χ1v) is 11.4. The third-order valence-corrected chi connectivity index (χ3v) is 5.87. The largest absolute Gasteiger partial charge is 0.481 e. The molecular weight excluding hydrogens is 487 g/mol. The molecule has 0 unspecified atom stereocenters. The second-order valence-corrected chi connectivity index (χ2v) is 8.44. The van der Waals surface area contributed by atoms with Crippen LogP contribution in [0, 0.1) is 12.7 Å². The number of aliphatic carboxylic acids is 1. The summed E-state index contributed by atoms with van der Waals surface area (Å²) in [6, 6.07) is 18.5. The zero-order valence-electron chi connectivity index (χ0n) is 19.3. The zero-order valence-corrected chi connectivity index (χ0v) is 20.0. The average Bonchev–Trinajstić information content (AvgIpc) is 3.20. The first kappa shape index (κ1) is 24.9. The number of carboxylic acids is 1. The SMILES string of the molecule is Cc1noc(-c2ccc(-c3ccc(CC(=O)O)cc3)c(F)c2)c1NC(=O)OCCc1ccccc1Cl. The Balaban J connectivity index is 1.46. The Hall–Kier alpha value is -4.17. The van der Waals surface area contributed by atoms with Gasteiger partial charge in [0.1, 0.15) is 17.2 Å². The van der Waals surface area contributed by atoms with Crippen molar-refractivity contribution in [2.24, 2.45) is 0 Å². The Morgan fingerprint density at radius 1 is 1.08 bits per heavy atom. The van der Waals surface area contributed by atoms with Crippen molar-refractivity contribution < 1.29 is 28.3 Å². The molecule has 0 aliphatic rings. The number of ether oxygens (including phenoxy) is 1. The molecule has 1 amide bonds. The van der Waals surface area contributed by atoms with Crippen LogP contribution in [0.1, 0.15) is 16.8 Å². The van der Waals surface area contributed by atoms with E-state index < -0.39 is 17.9 Å². The van der Waals surface area contributed by atoms with Gasteiger partial charge in [0.15, 0.2) is 5.76 Å². The lowest BCUT2D eigenvalue weighted by molar-refractivity contribution is -0.136. The van der Waals surface area contributed by atoms with Gasteiger partial charge in [-0.3, -0.25) is 10.1 Å². The minimum atomic E-state index is -0.936. The molecule has 0 saturated carbocycles. The summed E-state index contributed by atoms with van der Waals surface area (Å²) in [5.41, 5.74) is 3.49. The molecule has 4 aromatic rings. The van der Waals surface area contributed by atoms with Crippen LogP contribution in [-0.2, 0) is 22.4 Å². The fraction of sp³-hybridized carbons (Fsp3) is 0.148. The number of nitrogens with one attached hydrogen (secondary N) is 1. The van der Waals surface area contributed by atoms with Gasteiger partial charge >= 0.3 is 12.1 Å². The van der Waals surface area contributed by atoms with Crippen LogP contribution in [0.25, 0.3) is 22.5 Å². The minimum Gasteiger partial charge on any atom is -0.481 e. The zero-order chi connectivity index (χ0) is 25.7. The van der Waals surface area contributed by atoms with Crippen LogP contribution >= 0.6 is 11.6 Å². The van der Waals surface area contributed by atoms with Gasteiger partial charge in [-0.25, -0.2) is 9.18 Å². The van der Waals surface area contributed by atoms with Crippen molar-refractivity contribution in [3.63, 3.8) is 0 Å². The first-order chi connectivity index (χ1) is 17.3. The smallest absolute Gasteiger partial charge is 0.411 e. The second kappa shape index (κ2) is 11.0. The Labute approximate surface area is 211 Å². The summed E-state index contributed by atoms with van der Waals surface area (Å²) in [5.74, 6) is -1.26. The summed E-state index contributed by atoms with van der Waals surface area (Å²) < 4.78 is 25.6. The number of nitrogens with zero attached hydrogens (tertiary/aromatic N) is 1. The number of carboxylic acid groups (broad SMARTS) is 1. The summed E-state index contributed by atoms with van der Waals surface area (Å²) >= 11 is 6.12. The summed E-state index contributed by atoms with van der Waals surface area (Å²) in [7, 11) is 0. The van der Waals surface area contributed by atoms with E-state index in [1.165, 1.54) is 6.07 Å². The molecular formula is C27H22ClFN2O5. The second-order valence-electron chi connectivity index (χ2n) is 8.04. The predicted octanol–water partition coefficient (Wildman–Crippen LogP) is 6.53. The van der Waals surface area contributed by atoms with Crippen LogP contribution in [0.5, 0.6) is 0 Å². The number of benzene rings is 3. The molecule has 0 bridgehead atoms. The third-order valence-electron chi connectivity index (χ3n) is 5.50. The maximum Gasteiger partial charge on any atom is 0.411 e. The van der Waals surface area contributed by atoms with E-state index in [1.54, 1.807) is 49.4 Å². The maximum absolute atomic E-state index is 15.0. The van der Waals surface area contributed by atoms with Crippen molar-refractivity contribution in [1.29, 1.82) is 0 Å². The van der Waals surface area contributed by atoms with E-state index in [4.69, 9.17) is 26.0 Å². The van der Waals surface area contributed by atoms with Gasteiger partial charge in [-0.2, -0.15) is 0 Å². The van der Waals surface area contributed by atoms with Crippen LogP contribution in [0.3, 0.4) is 0 Å². The normalized spacial score (nSPS) is 10.8. The highest BCUT2D eigenvalue weighted by Crippen LogP contribution is 2.34. The average molecular weight is 509 g/mol. The summed E-state index contributed by atoms with van der Waals surface area (Å²) in [5, 5.41) is 16.0. The van der Waals surface area contributed by atoms with Crippen molar-refractivity contribution in [3.8, 4) is 22.5 Å². The number of carbonyl (C=O) groups excluding carboxylic acids is 1. The van der Waals surface area contributed by atoms with E-state index in [0.29, 0.717) is 39.4 Å². The van der Waals surface area contributed by atoms with Gasteiger partial charge in [-0.1, -0.05) is 71.4 Å². The lowest BCUT2D eigenvalue weighted by Gasteiger charge is -2.09. The summed E-state index contributed by atoms with van der Waals surface area (Å²) in [4.78, 5) is 23.2. The predicted molar refractivity (Wildman–Crippen MR) is 134 cm³/mol. The molecule has 0 spiro atoms. The van der Waals surface area contributed by atoms with E-state index in [9.17, 15) is 9.59 Å². The molecule has 0 fully saturated rings. The van der Waals surface area contributed by atoms with E-state index >= 15 is 4.39 Å². The van der Waals surface area contributed by atoms with Gasteiger partial charge in [0, 0.05) is 22.6 Å². The third kappa shape index (κ3) is 5.90. The number of rotatable bonds is 8. The molecule has 4 rings (SSSR count). The summed E-state index contributed by atoms with van der Waals surface area (Å²) in [6.45, 7) is 1.76. The van der Waals surface area contributed by atoms with Gasteiger partial charge in [-0.15, -0.1) is 0 Å². The van der Waals surface area contributed by atoms with Gasteiger partial charge in [0.05, 0.1) is 13.0 Å². The van der Waals surface area contributed by atoms with E-state index in [2.05, 4.69) is 10.5 Å². The molecule has 2 N–H and O–H groups in total. The topological polar surface area (TPSA) is 102 Å². The molecule has 36 heavy (non-hydrogen) atoms. The number of halogens is 2. The molecule has 7 nitrogen and oxygen atoms in total. The summed E-state index contributed by atoms with van der Waals surface area (Å²) in [6.07, 6.45) is -0.356. The van der Waals surface area contributed by atoms with Crippen molar-refractivity contribution in [3.05, 3.63) is 94.4 Å². The van der Waals surface area contributed by atoms with E-state index in [0.717, 1.165) is 5.56 Å². The van der Waals surface area contributed by atoms with Crippen molar-refractivity contribution in [2.75, 3.05) is 11.9 Å². The van der Waals surface area contributed by atoms with Crippen molar-refractivity contribution >= 4 is 29.4 Å². The number of hydrogen-bond donors (Lipinski definition) is 2. The molecule has 1 heterocycles. The fourth-order valence-electron chi connectivity index (χ4n) is 3.67. The molecule has 9 heteroatoms. The van der Waals surface area contributed by atoms with Crippen molar-refractivity contribution in [2.45, 2.75) is 19.8 Å². The number of carbonyl (C=O) groups is 2. The number of aromatic nitrogens is 1. The lowest BCUT2D eigenvalue weighted by Crippen LogP contribution is -2.16. The van der Waals surface area contributed by atoms with Crippen LogP contribution < -0.4 is 5.32 Å². The molecule has 0 aliphatic carbocycles. The number of anilines is 1. The van der Waals surface area contributed by atoms with E-state index in [1.807, 2.05) is 18.2 Å². The quantitative estimate of drug-likeness (QED) is 0.280. The Bertz CT molecular complexity index is 1400. The molecule has 0 aliphatic heterocycles. The van der Waals surface area contributed by atoms with Crippen LogP contribution in [0.2, 0.25) is 5.02 Å². The molecule has 0 atom stereocenters. The fourth-order valence-corrected chi connectivity index (χ4v) is 3.90. The van der Waals surface area contributed by atoms with Crippen LogP contribution in [0.15, 0.2) is 71.3 Å². The first-order valence-electron chi connectivity index (χ1n) is 11.1. The molecule has 3 aromatic carbocycles. The lowest BCUT2D eigenvalue weighted by atomic mass is 10.00. The Morgan fingerprint density at radius 2 is 1.81 bits per heavy atom. The Morgan fingerprint density at radius 3 is 2.50 bits per heavy atom. The van der Waals surface area contributed by atoms with E-state index in [-0.39, 0.29) is 24.5 Å². The van der Waals surface area contributed by atoms with Crippen molar-refractivity contribution in [1.82, 2.24) is 5.16 Å². The van der Waals surface area contributed by atoms with Crippen LogP contribution in [-0.4, -0.2) is 28.9 Å². The highest BCUT2D eigenvalue weighted by molar-refractivity contribution is 6.31.